The van der Waals surface area contributed by atoms with Crippen molar-refractivity contribution >= 4 is 29.4 Å². The molecule has 0 bridgehead atoms. The molecule has 3 aliphatic rings. The van der Waals surface area contributed by atoms with Gasteiger partial charge < -0.3 is 19.9 Å². The van der Waals surface area contributed by atoms with E-state index in [1.165, 1.54) is 13.2 Å². The molecular formula is C23H28FN5O2S. The van der Waals surface area contributed by atoms with Crippen LogP contribution in [0, 0.1) is 11.2 Å². The number of fused-ring (bicyclic) bond motifs is 1. The first-order valence-corrected chi connectivity index (χ1v) is 12.2. The lowest BCUT2D eigenvalue weighted by Gasteiger charge is -2.38. The first kappa shape index (κ1) is 21.3. The van der Waals surface area contributed by atoms with Crippen LogP contribution in [-0.4, -0.2) is 54.6 Å². The van der Waals surface area contributed by atoms with Crippen molar-refractivity contribution in [3.05, 3.63) is 40.8 Å². The molecule has 170 valence electrons. The first-order valence-electron chi connectivity index (χ1n) is 11.0. The van der Waals surface area contributed by atoms with Crippen LogP contribution in [0.25, 0.3) is 0 Å². The number of amides is 1. The number of methoxy groups -OCH3 is 1. The zero-order chi connectivity index (χ0) is 22.3. The smallest absolute Gasteiger partial charge is 0.228 e. The third kappa shape index (κ3) is 3.76. The number of hydrogen-bond acceptors (Lipinski definition) is 7. The third-order valence-electron chi connectivity index (χ3n) is 7.00. The van der Waals surface area contributed by atoms with Gasteiger partial charge in [0.05, 0.1) is 18.2 Å². The molecule has 32 heavy (non-hydrogen) atoms. The average molecular weight is 458 g/mol. The number of thioether (sulfide) groups is 1. The van der Waals surface area contributed by atoms with Crippen LogP contribution in [0.3, 0.4) is 0 Å². The molecule has 4 heterocycles. The quantitative estimate of drug-likeness (QED) is 0.738. The summed E-state index contributed by atoms with van der Waals surface area (Å²) < 4.78 is 19.5. The number of benzene rings is 1. The molecule has 5 rings (SSSR count). The predicted molar refractivity (Wildman–Crippen MR) is 123 cm³/mol. The summed E-state index contributed by atoms with van der Waals surface area (Å²) in [7, 11) is 3.42. The Morgan fingerprint density at radius 3 is 2.66 bits per heavy atom. The topological polar surface area (TPSA) is 70.6 Å². The second-order valence-corrected chi connectivity index (χ2v) is 9.83. The number of carbonyl (C=O) groups is 1. The standard InChI is InChI=1S/C23H28FN5O2S/c1-28-8-5-23(21(28)30)6-9-29(10-7-23)22-26-19-14-32-13-17(19)20(27-22)25-12-15-3-4-16(31-2)11-18(15)24/h3-4,11H,5-10,12-14H2,1-2H3,(H,25,26,27). The molecule has 0 aliphatic carbocycles. The van der Waals surface area contributed by atoms with Crippen molar-refractivity contribution in [1.29, 1.82) is 0 Å². The molecule has 1 amide bonds. The molecule has 3 aliphatic heterocycles. The summed E-state index contributed by atoms with van der Waals surface area (Å²) in [6, 6.07) is 4.89. The number of nitrogens with one attached hydrogen (secondary N) is 1. The molecule has 0 radical (unpaired) electrons. The van der Waals surface area contributed by atoms with Crippen molar-refractivity contribution in [2.45, 2.75) is 37.3 Å². The number of halogens is 1. The lowest BCUT2D eigenvalue weighted by Crippen LogP contribution is -2.44. The van der Waals surface area contributed by atoms with E-state index in [1.54, 1.807) is 12.1 Å². The van der Waals surface area contributed by atoms with Crippen LogP contribution in [-0.2, 0) is 22.8 Å². The molecule has 1 aromatic heterocycles. The molecule has 7 nitrogen and oxygen atoms in total. The van der Waals surface area contributed by atoms with Crippen molar-refractivity contribution in [1.82, 2.24) is 14.9 Å². The Labute approximate surface area is 191 Å². The minimum absolute atomic E-state index is 0.204. The number of anilines is 2. The van der Waals surface area contributed by atoms with Crippen molar-refractivity contribution in [3.63, 3.8) is 0 Å². The summed E-state index contributed by atoms with van der Waals surface area (Å²) in [5, 5.41) is 3.35. The Balaban J connectivity index is 1.33. The summed E-state index contributed by atoms with van der Waals surface area (Å²) in [6.45, 7) is 2.74. The lowest BCUT2D eigenvalue weighted by molar-refractivity contribution is -0.135. The van der Waals surface area contributed by atoms with E-state index in [1.807, 2.05) is 23.7 Å². The number of aromatic nitrogens is 2. The van der Waals surface area contributed by atoms with Gasteiger partial charge in [-0.3, -0.25) is 4.79 Å². The van der Waals surface area contributed by atoms with Crippen molar-refractivity contribution in [2.75, 3.05) is 44.0 Å². The van der Waals surface area contributed by atoms with E-state index >= 15 is 0 Å². The van der Waals surface area contributed by atoms with E-state index in [-0.39, 0.29) is 17.1 Å². The van der Waals surface area contributed by atoms with Gasteiger partial charge in [0, 0.05) is 61.9 Å². The number of ether oxygens (including phenoxy) is 1. The van der Waals surface area contributed by atoms with E-state index < -0.39 is 0 Å². The normalized spacial score (nSPS) is 19.5. The van der Waals surface area contributed by atoms with Gasteiger partial charge in [-0.05, 0) is 25.3 Å². The molecule has 9 heteroatoms. The van der Waals surface area contributed by atoms with Crippen LogP contribution >= 0.6 is 11.8 Å². The summed E-state index contributed by atoms with van der Waals surface area (Å²) >= 11 is 1.82. The van der Waals surface area contributed by atoms with Gasteiger partial charge in [-0.25, -0.2) is 9.37 Å². The molecule has 2 aromatic rings. The van der Waals surface area contributed by atoms with Gasteiger partial charge in [-0.2, -0.15) is 16.7 Å². The summed E-state index contributed by atoms with van der Waals surface area (Å²) in [6.07, 6.45) is 2.62. The zero-order valence-corrected chi connectivity index (χ0v) is 19.3. The van der Waals surface area contributed by atoms with Gasteiger partial charge in [0.2, 0.25) is 11.9 Å². The van der Waals surface area contributed by atoms with Crippen LogP contribution in [0.15, 0.2) is 18.2 Å². The number of piperidine rings is 1. The van der Waals surface area contributed by atoms with Crippen molar-refractivity contribution in [3.8, 4) is 5.75 Å². The highest BCUT2D eigenvalue weighted by Gasteiger charge is 2.47. The highest BCUT2D eigenvalue weighted by atomic mass is 32.2. The van der Waals surface area contributed by atoms with Gasteiger partial charge in [0.15, 0.2) is 0 Å². The summed E-state index contributed by atoms with van der Waals surface area (Å²) in [4.78, 5) is 26.4. The van der Waals surface area contributed by atoms with Gasteiger partial charge in [0.25, 0.3) is 0 Å². The van der Waals surface area contributed by atoms with Gasteiger partial charge in [-0.1, -0.05) is 6.07 Å². The highest BCUT2D eigenvalue weighted by Crippen LogP contribution is 2.42. The van der Waals surface area contributed by atoms with Gasteiger partial charge >= 0.3 is 0 Å². The number of likely N-dealkylation sites (tertiary alicyclic amines) is 1. The maximum Gasteiger partial charge on any atom is 0.228 e. The number of rotatable bonds is 5. The molecule has 1 aromatic carbocycles. The Hall–Kier alpha value is -2.55. The SMILES string of the molecule is COc1ccc(CNc2nc(N3CCC4(CCN(C)C4=O)CC3)nc3c2CSC3)c(F)c1. The van der Waals surface area contributed by atoms with Crippen LogP contribution in [0.5, 0.6) is 5.75 Å². The largest absolute Gasteiger partial charge is 0.497 e. The second-order valence-electron chi connectivity index (χ2n) is 8.85. The lowest BCUT2D eigenvalue weighted by atomic mass is 9.77. The van der Waals surface area contributed by atoms with E-state index in [9.17, 15) is 9.18 Å². The minimum atomic E-state index is -0.301. The van der Waals surface area contributed by atoms with E-state index in [4.69, 9.17) is 14.7 Å². The van der Waals surface area contributed by atoms with E-state index in [0.717, 1.165) is 67.5 Å². The Bertz CT molecular complexity index is 1040. The first-order chi connectivity index (χ1) is 15.5. The second kappa shape index (κ2) is 8.42. The van der Waals surface area contributed by atoms with E-state index in [2.05, 4.69) is 10.2 Å². The Morgan fingerprint density at radius 1 is 1.19 bits per heavy atom. The molecule has 2 saturated heterocycles. The molecule has 2 fully saturated rings. The molecule has 1 N–H and O–H groups in total. The Morgan fingerprint density at radius 2 is 1.97 bits per heavy atom. The van der Waals surface area contributed by atoms with Crippen LogP contribution in [0.1, 0.15) is 36.1 Å². The molecule has 0 unspecified atom stereocenters. The number of carbonyl (C=O) groups excluding carboxylic acids is 1. The Kier molecular flexibility index (Phi) is 5.61. The minimum Gasteiger partial charge on any atom is -0.497 e. The maximum atomic E-state index is 14.4. The molecule has 1 spiro atoms. The number of hydrogen-bond donors (Lipinski definition) is 1. The van der Waals surface area contributed by atoms with E-state index in [0.29, 0.717) is 23.8 Å². The predicted octanol–water partition coefficient (Wildman–Crippen LogP) is 3.43. The fourth-order valence-corrected chi connectivity index (χ4v) is 5.94. The van der Waals surface area contributed by atoms with Gasteiger partial charge in [0.1, 0.15) is 17.4 Å². The fourth-order valence-electron chi connectivity index (χ4n) is 4.90. The average Bonchev–Trinajstić information content (AvgIpc) is 3.39. The fraction of sp³-hybridized carbons (Fsp3) is 0.522. The maximum absolute atomic E-state index is 14.4. The summed E-state index contributed by atoms with van der Waals surface area (Å²) in [5.74, 6) is 3.68. The number of nitrogens with zero attached hydrogens (tertiary/aromatic N) is 4. The zero-order valence-electron chi connectivity index (χ0n) is 18.5. The molecule has 0 atom stereocenters. The molecule has 0 saturated carbocycles. The third-order valence-corrected chi connectivity index (χ3v) is 7.97. The van der Waals surface area contributed by atoms with Crippen molar-refractivity contribution < 1.29 is 13.9 Å². The summed E-state index contributed by atoms with van der Waals surface area (Å²) in [5.41, 5.74) is 2.52. The monoisotopic (exact) mass is 457 g/mol. The van der Waals surface area contributed by atoms with Crippen LogP contribution < -0.4 is 15.0 Å². The molecular weight excluding hydrogens is 429 g/mol. The van der Waals surface area contributed by atoms with Gasteiger partial charge in [-0.15, -0.1) is 0 Å². The van der Waals surface area contributed by atoms with Crippen LogP contribution in [0.2, 0.25) is 0 Å². The van der Waals surface area contributed by atoms with Crippen LogP contribution in [0.4, 0.5) is 16.2 Å². The van der Waals surface area contributed by atoms with Crippen molar-refractivity contribution in [2.24, 2.45) is 5.41 Å². The highest BCUT2D eigenvalue weighted by molar-refractivity contribution is 7.98.